The van der Waals surface area contributed by atoms with E-state index in [-0.39, 0.29) is 39.3 Å². The molecular weight excluding hydrogens is 356 g/mol. The van der Waals surface area contributed by atoms with E-state index in [4.69, 9.17) is 5.73 Å². The summed E-state index contributed by atoms with van der Waals surface area (Å²) in [4.78, 5) is 50.5. The maximum Gasteiger partial charge on any atom is 0.255 e. The number of ketones is 2. The summed E-state index contributed by atoms with van der Waals surface area (Å²) in [5.41, 5.74) is 6.31. The minimum absolute atomic E-state index is 0.0814. The zero-order valence-electron chi connectivity index (χ0n) is 14.6. The quantitative estimate of drug-likeness (QED) is 0.578. The molecule has 6 heteroatoms. The van der Waals surface area contributed by atoms with E-state index in [1.165, 1.54) is 18.2 Å². The highest BCUT2D eigenvalue weighted by atomic mass is 16.2. The average Bonchev–Trinajstić information content (AvgIpc) is 2.72. The molecule has 1 aliphatic rings. The van der Waals surface area contributed by atoms with Gasteiger partial charge in [-0.2, -0.15) is 0 Å². The van der Waals surface area contributed by atoms with E-state index in [0.717, 1.165) is 0 Å². The molecule has 3 aromatic carbocycles. The molecule has 3 aromatic rings. The van der Waals surface area contributed by atoms with Crippen molar-refractivity contribution in [1.29, 1.82) is 0 Å². The Kier molecular flexibility index (Phi) is 4.08. The fourth-order valence-corrected chi connectivity index (χ4v) is 3.33. The first-order valence-electron chi connectivity index (χ1n) is 8.50. The first-order valence-corrected chi connectivity index (χ1v) is 8.50. The summed E-state index contributed by atoms with van der Waals surface area (Å²) < 4.78 is 0. The zero-order chi connectivity index (χ0) is 19.8. The van der Waals surface area contributed by atoms with Crippen LogP contribution < -0.4 is 11.1 Å². The molecule has 2 amide bonds. The summed E-state index contributed by atoms with van der Waals surface area (Å²) in [7, 11) is 0. The fourth-order valence-electron chi connectivity index (χ4n) is 3.33. The van der Waals surface area contributed by atoms with E-state index in [1.807, 2.05) is 0 Å². The van der Waals surface area contributed by atoms with Crippen LogP contribution in [0.4, 0.5) is 5.69 Å². The maximum absolute atomic E-state index is 13.0. The maximum atomic E-state index is 13.0. The minimum Gasteiger partial charge on any atom is -0.366 e. The van der Waals surface area contributed by atoms with Crippen LogP contribution in [0.1, 0.15) is 52.6 Å². The predicted molar refractivity (Wildman–Crippen MR) is 103 cm³/mol. The number of hydrogen-bond acceptors (Lipinski definition) is 4. The number of anilines is 1. The van der Waals surface area contributed by atoms with Gasteiger partial charge in [-0.15, -0.1) is 0 Å². The molecule has 0 fully saturated rings. The fraction of sp³-hybridized carbons (Fsp3) is 0. The lowest BCUT2D eigenvalue weighted by Crippen LogP contribution is -2.28. The number of nitrogens with one attached hydrogen (secondary N) is 1. The molecule has 0 aromatic heterocycles. The first kappa shape index (κ1) is 17.4. The molecule has 136 valence electrons. The smallest absolute Gasteiger partial charge is 0.255 e. The number of carbonyl (C=O) groups is 4. The van der Waals surface area contributed by atoms with Crippen molar-refractivity contribution < 1.29 is 19.2 Å². The Bertz CT molecular complexity index is 1170. The predicted octanol–water partition coefficient (Wildman–Crippen LogP) is 2.81. The second-order valence-electron chi connectivity index (χ2n) is 6.30. The standard InChI is InChI=1S/C22H14N2O4/c23-21(27)18-16(24-22(28)12-6-2-1-3-7-12)11-10-15-17(18)20(26)14-9-5-4-8-13(14)19(15)25/h1-11H,(H2,23,27)(H,24,28). The van der Waals surface area contributed by atoms with Gasteiger partial charge in [-0.3, -0.25) is 19.2 Å². The third-order valence-corrected chi connectivity index (χ3v) is 4.62. The van der Waals surface area contributed by atoms with Crippen molar-refractivity contribution in [2.75, 3.05) is 5.32 Å². The number of fused-ring (bicyclic) bond motifs is 2. The molecule has 0 atom stereocenters. The molecule has 0 bridgehead atoms. The van der Waals surface area contributed by atoms with Crippen LogP contribution in [0.2, 0.25) is 0 Å². The molecule has 3 N–H and O–H groups in total. The first-order chi connectivity index (χ1) is 13.5. The molecule has 6 nitrogen and oxygen atoms in total. The van der Waals surface area contributed by atoms with Gasteiger partial charge in [-0.25, -0.2) is 0 Å². The van der Waals surface area contributed by atoms with Gasteiger partial charge in [-0.1, -0.05) is 42.5 Å². The van der Waals surface area contributed by atoms with E-state index >= 15 is 0 Å². The molecule has 0 saturated carbocycles. The number of amides is 2. The Balaban J connectivity index is 1.86. The number of rotatable bonds is 3. The van der Waals surface area contributed by atoms with Crippen molar-refractivity contribution in [3.63, 3.8) is 0 Å². The van der Waals surface area contributed by atoms with Crippen LogP contribution in [0.3, 0.4) is 0 Å². The van der Waals surface area contributed by atoms with Crippen LogP contribution >= 0.6 is 0 Å². The lowest BCUT2D eigenvalue weighted by atomic mass is 9.81. The van der Waals surface area contributed by atoms with Crippen molar-refractivity contribution in [2.45, 2.75) is 0 Å². The van der Waals surface area contributed by atoms with Gasteiger partial charge < -0.3 is 11.1 Å². The third-order valence-electron chi connectivity index (χ3n) is 4.62. The highest BCUT2D eigenvalue weighted by molar-refractivity contribution is 6.31. The summed E-state index contributed by atoms with van der Waals surface area (Å²) in [5, 5.41) is 2.61. The lowest BCUT2D eigenvalue weighted by Gasteiger charge is -2.21. The molecular formula is C22H14N2O4. The van der Waals surface area contributed by atoms with Gasteiger partial charge in [0.05, 0.1) is 11.3 Å². The number of hydrogen-bond donors (Lipinski definition) is 2. The number of primary amides is 1. The molecule has 0 heterocycles. The van der Waals surface area contributed by atoms with E-state index in [2.05, 4.69) is 5.32 Å². The van der Waals surface area contributed by atoms with Crippen LogP contribution in [0.5, 0.6) is 0 Å². The van der Waals surface area contributed by atoms with Crippen molar-refractivity contribution in [1.82, 2.24) is 0 Å². The van der Waals surface area contributed by atoms with Crippen LogP contribution in [0.15, 0.2) is 66.7 Å². The summed E-state index contributed by atoms with van der Waals surface area (Å²) in [5.74, 6) is -2.21. The summed E-state index contributed by atoms with van der Waals surface area (Å²) in [6.07, 6.45) is 0. The Morgan fingerprint density at radius 2 is 1.32 bits per heavy atom. The van der Waals surface area contributed by atoms with Gasteiger partial charge in [0.1, 0.15) is 0 Å². The number of benzene rings is 3. The van der Waals surface area contributed by atoms with E-state index in [1.54, 1.807) is 48.5 Å². The highest BCUT2D eigenvalue weighted by Crippen LogP contribution is 2.33. The Hall–Kier alpha value is -4.06. The van der Waals surface area contributed by atoms with Crippen molar-refractivity contribution in [2.24, 2.45) is 5.73 Å². The second kappa shape index (κ2) is 6.59. The van der Waals surface area contributed by atoms with Crippen LogP contribution in [0, 0.1) is 0 Å². The summed E-state index contributed by atoms with van der Waals surface area (Å²) in [6.45, 7) is 0. The van der Waals surface area contributed by atoms with E-state index in [0.29, 0.717) is 5.56 Å². The Morgan fingerprint density at radius 3 is 1.96 bits per heavy atom. The molecule has 0 saturated heterocycles. The topological polar surface area (TPSA) is 106 Å². The molecule has 0 spiro atoms. The molecule has 0 unspecified atom stereocenters. The summed E-state index contributed by atoms with van der Waals surface area (Å²) in [6, 6.07) is 17.6. The van der Waals surface area contributed by atoms with E-state index in [9.17, 15) is 19.2 Å². The Labute approximate surface area is 160 Å². The van der Waals surface area contributed by atoms with Crippen LogP contribution in [0.25, 0.3) is 0 Å². The van der Waals surface area contributed by atoms with Crippen LogP contribution in [-0.2, 0) is 0 Å². The SMILES string of the molecule is NC(=O)c1c(NC(=O)c2ccccc2)ccc2c1C(=O)c1ccccc1C2=O. The van der Waals surface area contributed by atoms with Gasteiger partial charge in [-0.05, 0) is 24.3 Å². The van der Waals surface area contributed by atoms with Gasteiger partial charge in [0.15, 0.2) is 11.6 Å². The Morgan fingerprint density at radius 1 is 0.714 bits per heavy atom. The van der Waals surface area contributed by atoms with Gasteiger partial charge in [0.25, 0.3) is 11.8 Å². The summed E-state index contributed by atoms with van der Waals surface area (Å²) >= 11 is 0. The van der Waals surface area contributed by atoms with Crippen molar-refractivity contribution >= 4 is 29.1 Å². The number of nitrogens with two attached hydrogens (primary N) is 1. The van der Waals surface area contributed by atoms with Crippen molar-refractivity contribution in [3.8, 4) is 0 Å². The normalized spacial score (nSPS) is 12.1. The van der Waals surface area contributed by atoms with Gasteiger partial charge >= 0.3 is 0 Å². The minimum atomic E-state index is -0.902. The molecule has 0 radical (unpaired) electrons. The molecule has 4 rings (SSSR count). The molecule has 28 heavy (non-hydrogen) atoms. The average molecular weight is 370 g/mol. The second-order valence-corrected chi connectivity index (χ2v) is 6.30. The van der Waals surface area contributed by atoms with Crippen molar-refractivity contribution in [3.05, 3.63) is 100 Å². The zero-order valence-corrected chi connectivity index (χ0v) is 14.6. The largest absolute Gasteiger partial charge is 0.366 e. The number of carbonyl (C=O) groups excluding carboxylic acids is 4. The third kappa shape index (κ3) is 2.68. The van der Waals surface area contributed by atoms with Crippen LogP contribution in [-0.4, -0.2) is 23.4 Å². The van der Waals surface area contributed by atoms with Gasteiger partial charge in [0, 0.05) is 27.8 Å². The van der Waals surface area contributed by atoms with E-state index < -0.39 is 17.6 Å². The highest BCUT2D eigenvalue weighted by Gasteiger charge is 2.34. The lowest BCUT2D eigenvalue weighted by molar-refractivity contribution is 0.0964. The monoisotopic (exact) mass is 370 g/mol. The molecule has 1 aliphatic carbocycles. The van der Waals surface area contributed by atoms with Gasteiger partial charge in [0.2, 0.25) is 0 Å². The molecule has 0 aliphatic heterocycles.